The third kappa shape index (κ3) is 3.20. The number of ether oxygens (including phenoxy) is 2. The molecule has 0 bridgehead atoms. The average Bonchev–Trinajstić information content (AvgIpc) is 3.13. The molecule has 0 aliphatic heterocycles. The Bertz CT molecular complexity index is 1120. The van der Waals surface area contributed by atoms with Crippen LogP contribution in [-0.2, 0) is 0 Å². The van der Waals surface area contributed by atoms with E-state index >= 15 is 0 Å². The third-order valence-electron chi connectivity index (χ3n) is 4.69. The lowest BCUT2D eigenvalue weighted by molar-refractivity contribution is 0.397. The van der Waals surface area contributed by atoms with E-state index in [-0.39, 0.29) is 0 Å². The maximum atomic E-state index is 5.34. The van der Waals surface area contributed by atoms with Gasteiger partial charge >= 0.3 is 0 Å². The molecule has 28 heavy (non-hydrogen) atoms. The fourth-order valence-electron chi connectivity index (χ4n) is 3.26. The zero-order valence-corrected chi connectivity index (χ0v) is 17.1. The summed E-state index contributed by atoms with van der Waals surface area (Å²) in [6.07, 6.45) is 2.08. The first-order chi connectivity index (χ1) is 13.6. The van der Waals surface area contributed by atoms with Gasteiger partial charge < -0.3 is 9.47 Å². The summed E-state index contributed by atoms with van der Waals surface area (Å²) in [6.45, 7) is 2.04. The number of imidazole rings is 1. The van der Waals surface area contributed by atoms with Gasteiger partial charge in [0.05, 0.1) is 25.6 Å². The summed E-state index contributed by atoms with van der Waals surface area (Å²) < 4.78 is 12.7. The van der Waals surface area contributed by atoms with Crippen LogP contribution in [0.2, 0.25) is 0 Å². The number of rotatable bonds is 5. The molecule has 5 nitrogen and oxygen atoms in total. The minimum absolute atomic E-state index is 0.556. The minimum Gasteiger partial charge on any atom is -0.497 e. The van der Waals surface area contributed by atoms with E-state index in [4.69, 9.17) is 14.5 Å². The summed E-state index contributed by atoms with van der Waals surface area (Å²) in [5.74, 6) is 1.99. The van der Waals surface area contributed by atoms with Crippen LogP contribution in [0.25, 0.3) is 28.3 Å². The first kappa shape index (κ1) is 18.4. The lowest BCUT2D eigenvalue weighted by Gasteiger charge is -2.10. The largest absolute Gasteiger partial charge is 0.497 e. The molecule has 0 fully saturated rings. The number of aromatic nitrogens is 3. The molecule has 0 N–H and O–H groups in total. The van der Waals surface area contributed by atoms with Gasteiger partial charge in [-0.2, -0.15) is 4.98 Å². The number of hydrogen-bond acceptors (Lipinski definition) is 5. The number of thioether (sulfide) groups is 1. The summed E-state index contributed by atoms with van der Waals surface area (Å²) in [6, 6.07) is 18.4. The lowest BCUT2D eigenvalue weighted by atomic mass is 10.0. The molecule has 0 aliphatic rings. The molecule has 142 valence electrons. The van der Waals surface area contributed by atoms with Gasteiger partial charge in [0.2, 0.25) is 11.7 Å². The van der Waals surface area contributed by atoms with E-state index in [2.05, 4.69) is 39.9 Å². The molecular weight excluding hydrogens is 370 g/mol. The molecule has 6 heteroatoms. The van der Waals surface area contributed by atoms with Crippen LogP contribution in [0.4, 0.5) is 0 Å². The maximum Gasteiger partial charge on any atom is 0.238 e. The van der Waals surface area contributed by atoms with Crippen LogP contribution in [0.1, 0.15) is 5.69 Å². The Labute approximate surface area is 168 Å². The molecule has 0 atom stereocenters. The van der Waals surface area contributed by atoms with E-state index in [1.165, 1.54) is 4.90 Å². The quantitative estimate of drug-likeness (QED) is 0.443. The predicted molar refractivity (Wildman–Crippen MR) is 113 cm³/mol. The average molecular weight is 391 g/mol. The van der Waals surface area contributed by atoms with Crippen LogP contribution in [-0.4, -0.2) is 34.8 Å². The van der Waals surface area contributed by atoms with Crippen molar-refractivity contribution in [1.82, 2.24) is 14.4 Å². The van der Waals surface area contributed by atoms with Gasteiger partial charge in [-0.05, 0) is 49.6 Å². The topological polar surface area (TPSA) is 48.7 Å². The van der Waals surface area contributed by atoms with Gasteiger partial charge in [0.15, 0.2) is 0 Å². The Morgan fingerprint density at radius 3 is 2.14 bits per heavy atom. The first-order valence-corrected chi connectivity index (χ1v) is 10.1. The van der Waals surface area contributed by atoms with E-state index in [9.17, 15) is 0 Å². The Morgan fingerprint density at radius 2 is 1.54 bits per heavy atom. The highest BCUT2D eigenvalue weighted by molar-refractivity contribution is 7.98. The second kappa shape index (κ2) is 7.56. The van der Waals surface area contributed by atoms with Crippen LogP contribution in [0.15, 0.2) is 59.5 Å². The van der Waals surface area contributed by atoms with E-state index in [0.717, 1.165) is 34.0 Å². The molecule has 0 aliphatic carbocycles. The van der Waals surface area contributed by atoms with Crippen LogP contribution in [0.3, 0.4) is 0 Å². The van der Waals surface area contributed by atoms with Crippen LogP contribution < -0.4 is 9.47 Å². The van der Waals surface area contributed by atoms with Gasteiger partial charge in [0.25, 0.3) is 0 Å². The lowest BCUT2D eigenvalue weighted by Crippen LogP contribution is -1.99. The zero-order valence-electron chi connectivity index (χ0n) is 16.3. The van der Waals surface area contributed by atoms with E-state index in [0.29, 0.717) is 11.7 Å². The van der Waals surface area contributed by atoms with Crippen molar-refractivity contribution in [3.8, 4) is 34.1 Å². The van der Waals surface area contributed by atoms with Gasteiger partial charge in [-0.1, -0.05) is 12.1 Å². The molecule has 2 aromatic carbocycles. The number of benzene rings is 2. The fraction of sp³-hybridized carbons (Fsp3) is 0.182. The molecule has 2 heterocycles. The molecule has 4 rings (SSSR count). The second-order valence-electron chi connectivity index (χ2n) is 6.34. The van der Waals surface area contributed by atoms with Crippen molar-refractivity contribution in [3.05, 3.63) is 60.3 Å². The van der Waals surface area contributed by atoms with E-state index < -0.39 is 0 Å². The first-order valence-electron chi connectivity index (χ1n) is 8.87. The molecule has 2 aromatic heterocycles. The van der Waals surface area contributed by atoms with Crippen molar-refractivity contribution < 1.29 is 9.47 Å². The highest BCUT2D eigenvalue weighted by Crippen LogP contribution is 2.35. The monoisotopic (exact) mass is 391 g/mol. The van der Waals surface area contributed by atoms with Crippen molar-refractivity contribution in [2.45, 2.75) is 11.8 Å². The molecule has 0 saturated carbocycles. The van der Waals surface area contributed by atoms with Crippen LogP contribution in [0.5, 0.6) is 11.6 Å². The van der Waals surface area contributed by atoms with Gasteiger partial charge in [-0.3, -0.25) is 4.40 Å². The molecule has 4 aromatic rings. The summed E-state index contributed by atoms with van der Waals surface area (Å²) in [5.41, 5.74) is 5.00. The van der Waals surface area contributed by atoms with Crippen molar-refractivity contribution in [2.24, 2.45) is 0 Å². The van der Waals surface area contributed by atoms with Crippen molar-refractivity contribution in [2.75, 3.05) is 20.5 Å². The zero-order chi connectivity index (χ0) is 19.7. The highest BCUT2D eigenvalue weighted by Gasteiger charge is 2.19. The summed E-state index contributed by atoms with van der Waals surface area (Å²) in [7, 11) is 3.28. The predicted octanol–water partition coefficient (Wildman–Crippen LogP) is 5.11. The van der Waals surface area contributed by atoms with E-state index in [1.807, 2.05) is 37.3 Å². The highest BCUT2D eigenvalue weighted by atomic mass is 32.2. The number of methoxy groups -OCH3 is 2. The Hall–Kier alpha value is -2.99. The molecular formula is C22H21N3O2S. The summed E-state index contributed by atoms with van der Waals surface area (Å²) in [4.78, 5) is 10.6. The third-order valence-corrected chi connectivity index (χ3v) is 5.43. The van der Waals surface area contributed by atoms with Crippen molar-refractivity contribution in [3.63, 3.8) is 0 Å². The Balaban J connectivity index is 1.99. The molecule has 0 spiro atoms. The number of hydrogen-bond donors (Lipinski definition) is 0. The minimum atomic E-state index is 0.556. The normalized spacial score (nSPS) is 11.0. The molecule has 0 radical (unpaired) electrons. The Morgan fingerprint density at radius 1 is 0.857 bits per heavy atom. The Kier molecular flexibility index (Phi) is 4.96. The van der Waals surface area contributed by atoms with Crippen molar-refractivity contribution >= 4 is 17.5 Å². The van der Waals surface area contributed by atoms with Crippen molar-refractivity contribution in [1.29, 1.82) is 0 Å². The SMILES string of the molecule is COc1ccc(-c2nc3nc(OC)cc(C)n3c2-c2ccc(SC)cc2)cc1. The molecule has 0 saturated heterocycles. The van der Waals surface area contributed by atoms with Crippen LogP contribution in [0, 0.1) is 6.92 Å². The van der Waals surface area contributed by atoms with Gasteiger partial charge in [-0.25, -0.2) is 4.98 Å². The van der Waals surface area contributed by atoms with Gasteiger partial charge in [0, 0.05) is 27.8 Å². The second-order valence-corrected chi connectivity index (χ2v) is 7.22. The summed E-state index contributed by atoms with van der Waals surface area (Å²) in [5, 5.41) is 0. The maximum absolute atomic E-state index is 5.34. The van der Waals surface area contributed by atoms with E-state index in [1.54, 1.807) is 26.0 Å². The van der Waals surface area contributed by atoms with Gasteiger partial charge in [0.1, 0.15) is 5.75 Å². The fourth-order valence-corrected chi connectivity index (χ4v) is 3.67. The number of aryl methyl sites for hydroxylation is 1. The van der Waals surface area contributed by atoms with Crippen LogP contribution >= 0.6 is 11.8 Å². The molecule has 0 amide bonds. The van der Waals surface area contributed by atoms with Gasteiger partial charge in [-0.15, -0.1) is 11.8 Å². The smallest absolute Gasteiger partial charge is 0.238 e. The summed E-state index contributed by atoms with van der Waals surface area (Å²) >= 11 is 1.73. The standard InChI is InChI=1S/C22H21N3O2S/c1-14-13-19(27-3)23-22-24-20(15-5-9-17(26-2)10-6-15)21(25(14)22)16-7-11-18(28-4)12-8-16/h5-13H,1-4H3. The number of nitrogens with zero attached hydrogens (tertiary/aromatic N) is 3. The molecule has 0 unspecified atom stereocenters. The number of fused-ring (bicyclic) bond motifs is 1.